The highest BCUT2D eigenvalue weighted by atomic mass is 16.4. The second kappa shape index (κ2) is 5.48. The third kappa shape index (κ3) is 2.93. The molecule has 1 saturated carbocycles. The summed E-state index contributed by atoms with van der Waals surface area (Å²) < 4.78 is 5.80. The fourth-order valence-corrected chi connectivity index (χ4v) is 2.82. The van der Waals surface area contributed by atoms with Crippen LogP contribution in [0.3, 0.4) is 0 Å². The van der Waals surface area contributed by atoms with Crippen molar-refractivity contribution in [3.63, 3.8) is 0 Å². The molecule has 2 heterocycles. The Morgan fingerprint density at radius 3 is 2.48 bits per heavy atom. The predicted octanol–water partition coefficient (Wildman–Crippen LogP) is 1.93. The third-order valence-corrected chi connectivity index (χ3v) is 4.27. The number of benzene rings is 1. The van der Waals surface area contributed by atoms with Gasteiger partial charge < -0.3 is 14.6 Å². The maximum Gasteiger partial charge on any atom is 0.318 e. The first-order valence-corrected chi connectivity index (χ1v) is 7.76. The molecule has 0 atom stereocenters. The van der Waals surface area contributed by atoms with Crippen LogP contribution in [-0.4, -0.2) is 29.3 Å². The molecule has 1 aromatic heterocycles. The summed E-state index contributed by atoms with van der Waals surface area (Å²) in [6, 6.07) is 9.99. The summed E-state index contributed by atoms with van der Waals surface area (Å²) in [5, 5.41) is 11.8. The molecule has 1 aliphatic heterocycles. The standard InChI is InChI=1S/C16H20N4O/c1-2-4-13-8-10-20(9-7-12(13)3-1)16-19-18-15(21-16)11-17-14-5-6-14/h1-4,14,17H,5-11H2. The maximum absolute atomic E-state index is 5.80. The lowest BCUT2D eigenvalue weighted by Crippen LogP contribution is -2.26. The molecule has 0 radical (unpaired) electrons. The summed E-state index contributed by atoms with van der Waals surface area (Å²) in [6.45, 7) is 2.56. The van der Waals surface area contributed by atoms with Gasteiger partial charge in [0.05, 0.1) is 6.54 Å². The van der Waals surface area contributed by atoms with E-state index in [0.717, 1.165) is 25.9 Å². The lowest BCUT2D eigenvalue weighted by atomic mass is 10.0. The number of anilines is 1. The number of aromatic nitrogens is 2. The SMILES string of the molecule is c1ccc2c(c1)CCN(c1nnc(CNC3CC3)o1)CC2. The first kappa shape index (κ1) is 12.8. The normalized spacial score (nSPS) is 18.4. The van der Waals surface area contributed by atoms with Crippen LogP contribution >= 0.6 is 0 Å². The van der Waals surface area contributed by atoms with Gasteiger partial charge in [0.25, 0.3) is 0 Å². The van der Waals surface area contributed by atoms with Crippen molar-refractivity contribution in [2.75, 3.05) is 18.0 Å². The van der Waals surface area contributed by atoms with E-state index >= 15 is 0 Å². The van der Waals surface area contributed by atoms with Crippen LogP contribution in [0.4, 0.5) is 6.01 Å². The molecule has 1 fully saturated rings. The Labute approximate surface area is 124 Å². The zero-order valence-electron chi connectivity index (χ0n) is 12.1. The average Bonchev–Trinajstić information content (AvgIpc) is 3.27. The summed E-state index contributed by atoms with van der Waals surface area (Å²) >= 11 is 0. The van der Waals surface area contributed by atoms with Crippen LogP contribution in [0.1, 0.15) is 29.9 Å². The number of hydrogen-bond acceptors (Lipinski definition) is 5. The molecule has 2 aliphatic rings. The number of nitrogens with zero attached hydrogens (tertiary/aromatic N) is 3. The largest absolute Gasteiger partial charge is 0.407 e. The van der Waals surface area contributed by atoms with Gasteiger partial charge in [-0.15, -0.1) is 5.10 Å². The number of hydrogen-bond donors (Lipinski definition) is 1. The molecule has 0 amide bonds. The highest BCUT2D eigenvalue weighted by Crippen LogP contribution is 2.21. The van der Waals surface area contributed by atoms with E-state index in [1.807, 2.05) is 0 Å². The molecule has 5 nitrogen and oxygen atoms in total. The molecule has 5 heteroatoms. The first-order chi connectivity index (χ1) is 10.4. The molecule has 110 valence electrons. The third-order valence-electron chi connectivity index (χ3n) is 4.27. The van der Waals surface area contributed by atoms with Crippen molar-refractivity contribution < 1.29 is 4.42 Å². The molecule has 21 heavy (non-hydrogen) atoms. The van der Waals surface area contributed by atoms with Gasteiger partial charge in [0, 0.05) is 19.1 Å². The highest BCUT2D eigenvalue weighted by Gasteiger charge is 2.22. The van der Waals surface area contributed by atoms with Gasteiger partial charge in [-0.25, -0.2) is 0 Å². The van der Waals surface area contributed by atoms with E-state index in [-0.39, 0.29) is 0 Å². The maximum atomic E-state index is 5.80. The minimum atomic E-state index is 0.660. The van der Waals surface area contributed by atoms with Gasteiger partial charge in [0.1, 0.15) is 0 Å². The quantitative estimate of drug-likeness (QED) is 0.929. The molecule has 0 spiro atoms. The Kier molecular flexibility index (Phi) is 3.35. The summed E-state index contributed by atoms with van der Waals surface area (Å²) in [7, 11) is 0. The van der Waals surface area contributed by atoms with E-state index in [2.05, 4.69) is 44.7 Å². The summed E-state index contributed by atoms with van der Waals surface area (Å²) in [5.41, 5.74) is 2.88. The predicted molar refractivity (Wildman–Crippen MR) is 80.2 cm³/mol. The molecule has 1 N–H and O–H groups in total. The van der Waals surface area contributed by atoms with Crippen molar-refractivity contribution in [1.29, 1.82) is 0 Å². The molecular weight excluding hydrogens is 264 g/mol. The zero-order chi connectivity index (χ0) is 14.1. The lowest BCUT2D eigenvalue weighted by Gasteiger charge is -2.16. The van der Waals surface area contributed by atoms with Crippen LogP contribution in [0, 0.1) is 0 Å². The zero-order valence-corrected chi connectivity index (χ0v) is 12.1. The van der Waals surface area contributed by atoms with Crippen LogP contribution in [0.2, 0.25) is 0 Å². The average molecular weight is 284 g/mol. The first-order valence-electron chi connectivity index (χ1n) is 7.76. The van der Waals surface area contributed by atoms with Gasteiger partial charge >= 0.3 is 6.01 Å². The Bertz CT molecular complexity index is 593. The topological polar surface area (TPSA) is 54.2 Å². The molecule has 4 rings (SSSR count). The second-order valence-electron chi connectivity index (χ2n) is 5.89. The fraction of sp³-hybridized carbons (Fsp3) is 0.500. The molecule has 0 unspecified atom stereocenters. The van der Waals surface area contributed by atoms with Crippen molar-refractivity contribution in [2.24, 2.45) is 0 Å². The number of nitrogens with one attached hydrogen (secondary N) is 1. The Morgan fingerprint density at radius 2 is 1.81 bits per heavy atom. The fourth-order valence-electron chi connectivity index (χ4n) is 2.82. The van der Waals surface area contributed by atoms with Gasteiger partial charge in [0.2, 0.25) is 5.89 Å². The van der Waals surface area contributed by atoms with Crippen molar-refractivity contribution in [1.82, 2.24) is 15.5 Å². The smallest absolute Gasteiger partial charge is 0.318 e. The van der Waals surface area contributed by atoms with Crippen LogP contribution in [0.25, 0.3) is 0 Å². The van der Waals surface area contributed by atoms with Gasteiger partial charge in [-0.3, -0.25) is 0 Å². The number of rotatable bonds is 4. The molecule has 0 bridgehead atoms. The van der Waals surface area contributed by atoms with Crippen molar-refractivity contribution in [3.05, 3.63) is 41.3 Å². The monoisotopic (exact) mass is 284 g/mol. The Balaban J connectivity index is 1.42. The molecule has 1 aliphatic carbocycles. The molecule has 2 aromatic rings. The van der Waals surface area contributed by atoms with E-state index in [4.69, 9.17) is 4.42 Å². The van der Waals surface area contributed by atoms with Crippen molar-refractivity contribution in [2.45, 2.75) is 38.3 Å². The van der Waals surface area contributed by atoms with Gasteiger partial charge in [0.15, 0.2) is 0 Å². The van der Waals surface area contributed by atoms with Gasteiger partial charge in [-0.05, 0) is 36.8 Å². The molecular formula is C16H20N4O. The summed E-state index contributed by atoms with van der Waals surface area (Å²) in [5.74, 6) is 0.693. The number of fused-ring (bicyclic) bond motifs is 1. The molecule has 0 saturated heterocycles. The van der Waals surface area contributed by atoms with Gasteiger partial charge in [-0.2, -0.15) is 0 Å². The van der Waals surface area contributed by atoms with Crippen LogP contribution < -0.4 is 10.2 Å². The van der Waals surface area contributed by atoms with Gasteiger partial charge in [-0.1, -0.05) is 29.4 Å². The minimum Gasteiger partial charge on any atom is -0.407 e. The van der Waals surface area contributed by atoms with E-state index in [1.165, 1.54) is 24.0 Å². The molecule has 1 aromatic carbocycles. The second-order valence-corrected chi connectivity index (χ2v) is 5.89. The van der Waals surface area contributed by atoms with Crippen LogP contribution in [-0.2, 0) is 19.4 Å². The van der Waals surface area contributed by atoms with E-state index in [0.29, 0.717) is 24.5 Å². The van der Waals surface area contributed by atoms with Crippen LogP contribution in [0.5, 0.6) is 0 Å². The summed E-state index contributed by atoms with van der Waals surface area (Å²) in [4.78, 5) is 2.20. The van der Waals surface area contributed by atoms with Crippen molar-refractivity contribution >= 4 is 6.01 Å². The van der Waals surface area contributed by atoms with E-state index in [9.17, 15) is 0 Å². The minimum absolute atomic E-state index is 0.660. The highest BCUT2D eigenvalue weighted by molar-refractivity contribution is 5.34. The van der Waals surface area contributed by atoms with Crippen molar-refractivity contribution in [3.8, 4) is 0 Å². The van der Waals surface area contributed by atoms with Crippen LogP contribution in [0.15, 0.2) is 28.7 Å². The van der Waals surface area contributed by atoms with E-state index < -0.39 is 0 Å². The Hall–Kier alpha value is -1.88. The lowest BCUT2D eigenvalue weighted by molar-refractivity contribution is 0.460. The summed E-state index contributed by atoms with van der Waals surface area (Å²) in [6.07, 6.45) is 4.61. The van der Waals surface area contributed by atoms with E-state index in [1.54, 1.807) is 0 Å². The Morgan fingerprint density at radius 1 is 1.10 bits per heavy atom.